The molecule has 6 N–H and O–H groups in total. The minimum absolute atomic E-state index is 0.0310. The Balaban J connectivity index is 0.000000127. The van der Waals surface area contributed by atoms with Crippen LogP contribution in [0, 0.1) is 101 Å². The molecule has 0 unspecified atom stereocenters. The van der Waals surface area contributed by atoms with Crippen LogP contribution in [0.25, 0.3) is 99.5 Å². The molecular formula is C85H77Cl4N17O6S3. The van der Waals surface area contributed by atoms with Crippen LogP contribution in [0.5, 0.6) is 0 Å². The van der Waals surface area contributed by atoms with E-state index < -0.39 is 45.8 Å². The Labute approximate surface area is 685 Å². The van der Waals surface area contributed by atoms with Crippen LogP contribution >= 0.6 is 46.4 Å². The van der Waals surface area contributed by atoms with E-state index in [-0.39, 0.29) is 18.1 Å². The third-order valence-electron chi connectivity index (χ3n) is 22.6. The SMILES string of the molecule is Cc1cc2c(cc1C#N)c(-c1cncc(C)c1Cl)cn2-c1ccc2nccn2c1.Cc1cc2c(cc1C#N)c(-c1cncc(C)c1Cl)cn2C1CC(S(N)(=O)=O)C1.Cc1cc2c(cc1C#N)c(-c1cncc(C)c1Cl)cn2C1CC(S(N)(=O)=O)C1.Cc1cc2c(cc1C#N)c(-c1cncc(C)c1Cl)cn2C1CCC(S(N)(=O)=O)CC1. The van der Waals surface area contributed by atoms with Crippen LogP contribution in [-0.4, -0.2) is 88.6 Å². The average Bonchev–Trinajstić information content (AvgIpc) is 1.61. The van der Waals surface area contributed by atoms with E-state index in [2.05, 4.69) is 79.9 Å². The van der Waals surface area contributed by atoms with Gasteiger partial charge in [0.1, 0.15) is 5.65 Å². The van der Waals surface area contributed by atoms with Gasteiger partial charge in [-0.3, -0.25) is 19.9 Å². The summed E-state index contributed by atoms with van der Waals surface area (Å²) in [5.41, 5.74) is 22.3. The number of fused-ring (bicyclic) bond motifs is 5. The molecule has 3 aliphatic carbocycles. The van der Waals surface area contributed by atoms with E-state index in [1.807, 2.05) is 145 Å². The van der Waals surface area contributed by atoms with Crippen molar-refractivity contribution in [2.24, 2.45) is 15.4 Å². The monoisotopic (exact) mass is 1670 g/mol. The molecule has 0 bridgehead atoms. The predicted molar refractivity (Wildman–Crippen MR) is 452 cm³/mol. The number of benzene rings is 4. The van der Waals surface area contributed by atoms with E-state index >= 15 is 0 Å². The summed E-state index contributed by atoms with van der Waals surface area (Å²) >= 11 is 26.3. The quantitative estimate of drug-likeness (QED) is 0.108. The fourth-order valence-electron chi connectivity index (χ4n) is 15.8. The van der Waals surface area contributed by atoms with Gasteiger partial charge in [0.2, 0.25) is 30.1 Å². The lowest BCUT2D eigenvalue weighted by molar-refractivity contribution is 0.321. The first-order valence-corrected chi connectivity index (χ1v) is 43.1. The second-order valence-electron chi connectivity index (χ2n) is 30.0. The number of hydrogen-bond acceptors (Lipinski definition) is 15. The van der Waals surface area contributed by atoms with E-state index in [1.54, 1.807) is 55.8 Å². The fraction of sp³-hybridized carbons (Fsp3) is 0.259. The van der Waals surface area contributed by atoms with Crippen molar-refractivity contribution in [1.82, 2.24) is 47.6 Å². The van der Waals surface area contributed by atoms with Gasteiger partial charge in [0.25, 0.3) is 0 Å². The molecule has 0 aliphatic heterocycles. The van der Waals surface area contributed by atoms with Crippen LogP contribution in [0.4, 0.5) is 0 Å². The molecule has 0 saturated heterocycles. The average molecular weight is 1670 g/mol. The van der Waals surface area contributed by atoms with Gasteiger partial charge < -0.3 is 22.7 Å². The molecular weight excluding hydrogens is 1590 g/mol. The number of nitrogens with zero attached hydrogens (tertiary/aromatic N) is 14. The summed E-state index contributed by atoms with van der Waals surface area (Å²) in [6.45, 7) is 15.3. The lowest BCUT2D eigenvalue weighted by Crippen LogP contribution is -2.40. The third-order valence-corrected chi connectivity index (χ3v) is 28.6. The van der Waals surface area contributed by atoms with Crippen molar-refractivity contribution in [2.75, 3.05) is 0 Å². The van der Waals surface area contributed by atoms with Crippen LogP contribution < -0.4 is 15.4 Å². The lowest BCUT2D eigenvalue weighted by atomic mass is 9.92. The summed E-state index contributed by atoms with van der Waals surface area (Å²) in [6.07, 6.45) is 32.1. The van der Waals surface area contributed by atoms with Crippen molar-refractivity contribution in [3.63, 3.8) is 0 Å². The van der Waals surface area contributed by atoms with E-state index in [0.717, 1.165) is 157 Å². The number of pyridine rings is 5. The maximum Gasteiger partial charge on any atom is 0.212 e. The number of sulfonamides is 3. The van der Waals surface area contributed by atoms with Crippen molar-refractivity contribution in [2.45, 2.75) is 141 Å². The standard InChI is InChI=1S/C23H16ClN5.C22H23ClN4O2S.2C20H19ClN4O2S/c1-14-7-21-18(8-16(14)9-25)20(19-11-26-10-15(2)23(19)24)13-29(21)17-3-4-22-27-5-6-28(22)12-17;1-13-7-21-18(8-15(13)9-24)20(19-11-26-10-14(2)22(19)23)12-27(21)16-3-5-17(6-4-16)30(25,28)29;2*1-11-3-19-16(4-13(11)7-22)18(17-9-24-8-12(2)20(17)21)10-25(19)14-5-15(6-14)28(23,26)27/h3-8,10-13H,1-2H3;7-8,10-12,16-17H,3-6H2,1-2H3,(H2,25,28,29);2*3-4,8-10,14-15H,5-6H2,1-2H3,(H2,23,26,27). The maximum atomic E-state index is 11.7. The summed E-state index contributed by atoms with van der Waals surface area (Å²) in [5.74, 6) is 0. The number of primary sulfonamides is 3. The normalized spacial score (nSPS) is 17.4. The molecule has 0 spiro atoms. The second-order valence-corrected chi connectivity index (χ2v) is 37.0. The minimum Gasteiger partial charge on any atom is -0.344 e. The zero-order chi connectivity index (χ0) is 82.2. The fourth-order valence-corrected chi connectivity index (χ4v) is 19.4. The molecule has 0 amide bonds. The highest BCUT2D eigenvalue weighted by atomic mass is 35.5. The van der Waals surface area contributed by atoms with Crippen molar-refractivity contribution in [1.29, 1.82) is 21.0 Å². The molecule has 17 rings (SSSR count). The Kier molecular flexibility index (Phi) is 22.3. The number of rotatable bonds is 11. The Morgan fingerprint density at radius 3 is 1.02 bits per heavy atom. The second kappa shape index (κ2) is 31.8. The molecule has 10 heterocycles. The Bertz CT molecular complexity index is 6680. The van der Waals surface area contributed by atoms with Crippen LogP contribution in [0.2, 0.25) is 20.1 Å². The Hall–Kier alpha value is -10.8. The first-order chi connectivity index (χ1) is 54.7. The largest absolute Gasteiger partial charge is 0.344 e. The van der Waals surface area contributed by atoms with Crippen molar-refractivity contribution < 1.29 is 25.3 Å². The van der Waals surface area contributed by atoms with Gasteiger partial charge in [-0.1, -0.05) is 46.4 Å². The molecule has 3 aliphatic rings. The number of aryl methyl sites for hydroxylation is 8. The van der Waals surface area contributed by atoms with Gasteiger partial charge >= 0.3 is 0 Å². The molecule has 3 fully saturated rings. The predicted octanol–water partition coefficient (Wildman–Crippen LogP) is 17.8. The van der Waals surface area contributed by atoms with Crippen LogP contribution in [0.3, 0.4) is 0 Å². The van der Waals surface area contributed by atoms with Crippen LogP contribution in [-0.2, 0) is 30.1 Å². The number of imidazole rings is 1. The highest BCUT2D eigenvalue weighted by Gasteiger charge is 2.41. The van der Waals surface area contributed by atoms with Gasteiger partial charge in [0.15, 0.2) is 0 Å². The van der Waals surface area contributed by atoms with Gasteiger partial charge in [-0.2, -0.15) is 21.0 Å². The number of halogens is 4. The molecule has 584 valence electrons. The molecule has 4 aromatic carbocycles. The summed E-state index contributed by atoms with van der Waals surface area (Å²) in [5, 5.41) is 58.7. The zero-order valence-corrected chi connectivity index (χ0v) is 69.2. The van der Waals surface area contributed by atoms with Gasteiger partial charge in [0.05, 0.1) is 93.6 Å². The van der Waals surface area contributed by atoms with E-state index in [0.29, 0.717) is 80.9 Å². The molecule has 10 aromatic heterocycles. The molecule has 3 saturated carbocycles. The maximum absolute atomic E-state index is 11.7. The summed E-state index contributed by atoms with van der Waals surface area (Å²) in [6, 6.07) is 28.9. The molecule has 30 heteroatoms. The van der Waals surface area contributed by atoms with Crippen molar-refractivity contribution >= 4 is 126 Å². The number of hydrogen-bond donors (Lipinski definition) is 3. The van der Waals surface area contributed by atoms with Gasteiger partial charge in [-0.15, -0.1) is 0 Å². The molecule has 0 atom stereocenters. The first-order valence-electron chi connectivity index (χ1n) is 36.8. The smallest absolute Gasteiger partial charge is 0.212 e. The van der Waals surface area contributed by atoms with Gasteiger partial charge in [-0.25, -0.2) is 45.7 Å². The first kappa shape index (κ1) is 80.8. The number of nitrogens with two attached hydrogens (primary N) is 3. The highest BCUT2D eigenvalue weighted by molar-refractivity contribution is 7.90. The molecule has 0 radical (unpaired) electrons. The van der Waals surface area contributed by atoms with Crippen molar-refractivity contribution in [3.8, 4) is 74.5 Å². The zero-order valence-electron chi connectivity index (χ0n) is 63.7. The summed E-state index contributed by atoms with van der Waals surface area (Å²) in [7, 11) is -10.6. The van der Waals surface area contributed by atoms with E-state index in [4.69, 9.17) is 61.8 Å². The third kappa shape index (κ3) is 15.6. The van der Waals surface area contributed by atoms with Gasteiger partial charge in [-0.05, 0) is 212 Å². The Morgan fingerprint density at radius 2 is 0.687 bits per heavy atom. The Morgan fingerprint density at radius 1 is 0.374 bits per heavy atom. The lowest BCUT2D eigenvalue weighted by Gasteiger charge is -2.35. The highest BCUT2D eigenvalue weighted by Crippen LogP contribution is 2.48. The molecule has 14 aromatic rings. The van der Waals surface area contributed by atoms with E-state index in [1.165, 1.54) is 0 Å². The summed E-state index contributed by atoms with van der Waals surface area (Å²) in [4.78, 5) is 21.5. The van der Waals surface area contributed by atoms with Crippen LogP contribution in [0.1, 0.15) is 136 Å². The van der Waals surface area contributed by atoms with Gasteiger partial charge in [0, 0.05) is 194 Å². The van der Waals surface area contributed by atoms with Crippen molar-refractivity contribution in [3.05, 3.63) is 240 Å². The number of aromatic nitrogens is 10. The molecule has 23 nitrogen and oxygen atoms in total. The minimum atomic E-state index is -3.52. The summed E-state index contributed by atoms with van der Waals surface area (Å²) < 4.78 is 80.4. The molecule has 115 heavy (non-hydrogen) atoms. The van der Waals surface area contributed by atoms with Crippen LogP contribution in [0.15, 0.2) is 154 Å². The van der Waals surface area contributed by atoms with E-state index in [9.17, 15) is 46.3 Å². The number of nitriles is 4. The topological polar surface area (TPSA) is 364 Å².